The number of carboxylic acids is 1. The molecule has 1 aliphatic heterocycles. The van der Waals surface area contributed by atoms with E-state index in [0.717, 1.165) is 40.7 Å². The number of benzene rings is 2. The molecule has 1 N–H and O–H groups in total. The molecule has 2 unspecified atom stereocenters. The van der Waals surface area contributed by atoms with Gasteiger partial charge in [0.1, 0.15) is 11.8 Å². The van der Waals surface area contributed by atoms with Crippen molar-refractivity contribution in [3.8, 4) is 5.75 Å². The molecular weight excluding hydrogens is 406 g/mol. The molecule has 144 valence electrons. The third kappa shape index (κ3) is 4.53. The second-order valence-electron chi connectivity index (χ2n) is 7.02. The van der Waals surface area contributed by atoms with Crippen molar-refractivity contribution in [2.75, 3.05) is 13.2 Å². The number of carbonyl (C=O) groups is 1. The Morgan fingerprint density at radius 3 is 2.67 bits per heavy atom. The van der Waals surface area contributed by atoms with Gasteiger partial charge < -0.3 is 9.84 Å². The van der Waals surface area contributed by atoms with Crippen LogP contribution in [-0.2, 0) is 4.79 Å². The number of ether oxygens (including phenoxy) is 1. The Hall–Kier alpha value is -1.85. The van der Waals surface area contributed by atoms with Crippen LogP contribution in [-0.4, -0.2) is 35.2 Å². The first-order valence-corrected chi connectivity index (χ1v) is 10.3. The lowest BCUT2D eigenvalue weighted by Crippen LogP contribution is -2.46. The van der Waals surface area contributed by atoms with Gasteiger partial charge in [-0.25, -0.2) is 0 Å². The number of halogens is 1. The zero-order chi connectivity index (χ0) is 19.4. The van der Waals surface area contributed by atoms with Crippen LogP contribution in [0.1, 0.15) is 48.9 Å². The van der Waals surface area contributed by atoms with Crippen LogP contribution in [0.15, 0.2) is 46.9 Å². The summed E-state index contributed by atoms with van der Waals surface area (Å²) in [5.41, 5.74) is 3.28. The minimum atomic E-state index is -0.750. The summed E-state index contributed by atoms with van der Waals surface area (Å²) in [5, 5.41) is 9.84. The second kappa shape index (κ2) is 8.89. The van der Waals surface area contributed by atoms with Crippen molar-refractivity contribution in [1.82, 2.24) is 4.90 Å². The predicted molar refractivity (Wildman–Crippen MR) is 110 cm³/mol. The Morgan fingerprint density at radius 1 is 1.26 bits per heavy atom. The van der Waals surface area contributed by atoms with Gasteiger partial charge in [-0.15, -0.1) is 0 Å². The Balaban J connectivity index is 2.14. The van der Waals surface area contributed by atoms with Gasteiger partial charge in [0.15, 0.2) is 0 Å². The Labute approximate surface area is 169 Å². The summed E-state index contributed by atoms with van der Waals surface area (Å²) >= 11 is 3.58. The van der Waals surface area contributed by atoms with E-state index in [1.54, 1.807) is 0 Å². The standard InChI is InChI=1S/C22H26BrNO3/c1-3-27-20-12-11-17(23)14-18(20)21(16-9-7-15(2)8-10-16)24-13-5-4-6-19(24)22(25)26/h7-12,14,19,21H,3-6,13H2,1-2H3,(H,25,26). The van der Waals surface area contributed by atoms with Crippen LogP contribution in [0, 0.1) is 6.92 Å². The highest BCUT2D eigenvalue weighted by Crippen LogP contribution is 2.39. The molecule has 0 bridgehead atoms. The molecule has 0 saturated carbocycles. The highest BCUT2D eigenvalue weighted by atomic mass is 79.9. The van der Waals surface area contributed by atoms with Gasteiger partial charge in [0.2, 0.25) is 0 Å². The molecule has 5 heteroatoms. The maximum absolute atomic E-state index is 12.0. The molecule has 2 aromatic carbocycles. The minimum Gasteiger partial charge on any atom is -0.494 e. The first-order chi connectivity index (χ1) is 13.0. The van der Waals surface area contributed by atoms with Gasteiger partial charge in [-0.1, -0.05) is 52.2 Å². The summed E-state index contributed by atoms with van der Waals surface area (Å²) in [6.45, 7) is 5.35. The summed E-state index contributed by atoms with van der Waals surface area (Å²) in [7, 11) is 0. The van der Waals surface area contributed by atoms with Crippen molar-refractivity contribution >= 4 is 21.9 Å². The van der Waals surface area contributed by atoms with Gasteiger partial charge in [0.05, 0.1) is 12.6 Å². The smallest absolute Gasteiger partial charge is 0.320 e. The molecule has 2 atom stereocenters. The molecule has 1 aliphatic rings. The molecule has 1 saturated heterocycles. The van der Waals surface area contributed by atoms with E-state index in [2.05, 4.69) is 58.1 Å². The van der Waals surface area contributed by atoms with Crippen molar-refractivity contribution in [3.05, 3.63) is 63.6 Å². The third-order valence-electron chi connectivity index (χ3n) is 5.12. The highest BCUT2D eigenvalue weighted by Gasteiger charge is 2.36. The molecule has 0 aromatic heterocycles. The topological polar surface area (TPSA) is 49.8 Å². The maximum atomic E-state index is 12.0. The number of aliphatic carboxylic acids is 1. The molecule has 3 rings (SSSR count). The number of hydrogen-bond donors (Lipinski definition) is 1. The van der Waals surface area contributed by atoms with Crippen molar-refractivity contribution in [1.29, 1.82) is 0 Å². The molecule has 0 aliphatic carbocycles. The zero-order valence-electron chi connectivity index (χ0n) is 15.8. The van der Waals surface area contributed by atoms with Gasteiger partial charge >= 0.3 is 5.97 Å². The fraction of sp³-hybridized carbons (Fsp3) is 0.409. The number of hydrogen-bond acceptors (Lipinski definition) is 3. The van der Waals surface area contributed by atoms with E-state index in [1.807, 2.05) is 19.1 Å². The first kappa shape index (κ1) is 19.9. The first-order valence-electron chi connectivity index (χ1n) is 9.48. The van der Waals surface area contributed by atoms with E-state index < -0.39 is 12.0 Å². The second-order valence-corrected chi connectivity index (χ2v) is 7.93. The lowest BCUT2D eigenvalue weighted by molar-refractivity contribution is -0.145. The molecule has 27 heavy (non-hydrogen) atoms. The van der Waals surface area contributed by atoms with Crippen LogP contribution in [0.2, 0.25) is 0 Å². The monoisotopic (exact) mass is 431 g/mol. The van der Waals surface area contributed by atoms with E-state index in [0.29, 0.717) is 13.0 Å². The summed E-state index contributed by atoms with van der Waals surface area (Å²) in [5.74, 6) is 0.0563. The van der Waals surface area contributed by atoms with E-state index in [9.17, 15) is 9.90 Å². The minimum absolute atomic E-state index is 0.161. The lowest BCUT2D eigenvalue weighted by Gasteiger charge is -2.40. The van der Waals surface area contributed by atoms with E-state index in [1.165, 1.54) is 5.56 Å². The van der Waals surface area contributed by atoms with Gasteiger partial charge in [0.25, 0.3) is 0 Å². The largest absolute Gasteiger partial charge is 0.494 e. The number of nitrogens with zero attached hydrogens (tertiary/aromatic N) is 1. The highest BCUT2D eigenvalue weighted by molar-refractivity contribution is 9.10. The third-order valence-corrected chi connectivity index (χ3v) is 5.61. The normalized spacial score (nSPS) is 18.9. The van der Waals surface area contributed by atoms with Crippen LogP contribution in [0.5, 0.6) is 5.75 Å². The number of rotatable bonds is 6. The predicted octanol–water partition coefficient (Wildman–Crippen LogP) is 5.18. The van der Waals surface area contributed by atoms with Gasteiger partial charge in [-0.2, -0.15) is 0 Å². The van der Waals surface area contributed by atoms with Crippen LogP contribution < -0.4 is 4.74 Å². The van der Waals surface area contributed by atoms with Crippen molar-refractivity contribution < 1.29 is 14.6 Å². The molecule has 1 heterocycles. The number of carboxylic acid groups (broad SMARTS) is 1. The van der Waals surface area contributed by atoms with E-state index in [4.69, 9.17) is 4.74 Å². The Morgan fingerprint density at radius 2 is 2.00 bits per heavy atom. The molecule has 1 fully saturated rings. The van der Waals surface area contributed by atoms with Crippen LogP contribution in [0.25, 0.3) is 0 Å². The fourth-order valence-electron chi connectivity index (χ4n) is 3.85. The number of aryl methyl sites for hydroxylation is 1. The van der Waals surface area contributed by atoms with Crippen LogP contribution in [0.3, 0.4) is 0 Å². The molecule has 0 radical (unpaired) electrons. The van der Waals surface area contributed by atoms with Crippen LogP contribution >= 0.6 is 15.9 Å². The van der Waals surface area contributed by atoms with Gasteiger partial charge in [0, 0.05) is 10.0 Å². The molecular formula is C22H26BrNO3. The maximum Gasteiger partial charge on any atom is 0.320 e. The number of likely N-dealkylation sites (tertiary alicyclic amines) is 1. The van der Waals surface area contributed by atoms with E-state index >= 15 is 0 Å². The molecule has 2 aromatic rings. The summed E-state index contributed by atoms with van der Waals surface area (Å²) in [6, 6.07) is 13.7. The van der Waals surface area contributed by atoms with Crippen LogP contribution in [0.4, 0.5) is 0 Å². The van der Waals surface area contributed by atoms with Crippen molar-refractivity contribution in [2.24, 2.45) is 0 Å². The SMILES string of the molecule is CCOc1ccc(Br)cc1C(c1ccc(C)cc1)N1CCCCC1C(=O)O. The average molecular weight is 432 g/mol. The van der Waals surface area contributed by atoms with Crippen molar-refractivity contribution in [2.45, 2.75) is 45.2 Å². The number of piperidine rings is 1. The summed E-state index contributed by atoms with van der Waals surface area (Å²) in [6.07, 6.45) is 2.63. The quantitative estimate of drug-likeness (QED) is 0.683. The molecule has 4 nitrogen and oxygen atoms in total. The fourth-order valence-corrected chi connectivity index (χ4v) is 4.23. The lowest BCUT2D eigenvalue weighted by atomic mass is 9.91. The van der Waals surface area contributed by atoms with E-state index in [-0.39, 0.29) is 6.04 Å². The Kier molecular flexibility index (Phi) is 6.55. The van der Waals surface area contributed by atoms with Crippen molar-refractivity contribution in [3.63, 3.8) is 0 Å². The molecule has 0 spiro atoms. The van der Waals surface area contributed by atoms with Gasteiger partial charge in [-0.05, 0) is 57.0 Å². The molecule has 0 amide bonds. The summed E-state index contributed by atoms with van der Waals surface area (Å²) < 4.78 is 6.87. The van der Waals surface area contributed by atoms with Gasteiger partial charge in [-0.3, -0.25) is 9.69 Å². The zero-order valence-corrected chi connectivity index (χ0v) is 17.4. The summed E-state index contributed by atoms with van der Waals surface area (Å²) in [4.78, 5) is 14.1. The average Bonchev–Trinajstić information content (AvgIpc) is 2.66. The Bertz CT molecular complexity index is 791.